The van der Waals surface area contributed by atoms with Crippen LogP contribution in [0, 0.1) is 16.4 Å². The third-order valence-corrected chi connectivity index (χ3v) is 8.47. The number of fused-ring (bicyclic) bond motifs is 1. The number of aromatic amines is 1. The zero-order valence-corrected chi connectivity index (χ0v) is 19.3. The van der Waals surface area contributed by atoms with Gasteiger partial charge < -0.3 is 14.5 Å². The Kier molecular flexibility index (Phi) is 5.65. The van der Waals surface area contributed by atoms with Crippen molar-refractivity contribution in [2.75, 3.05) is 19.3 Å². The minimum Gasteiger partial charge on any atom is -0.341 e. The van der Waals surface area contributed by atoms with Gasteiger partial charge in [0.1, 0.15) is 11.6 Å². The van der Waals surface area contributed by atoms with E-state index >= 15 is 0 Å². The quantitative estimate of drug-likeness (QED) is 0.497. The number of hydrogen-bond donors (Lipinski definition) is 1. The van der Waals surface area contributed by atoms with Crippen LogP contribution in [0.3, 0.4) is 0 Å². The van der Waals surface area contributed by atoms with Crippen LogP contribution >= 0.6 is 28.1 Å². The molecule has 2 aliphatic rings. The first kappa shape index (κ1) is 21.6. The van der Waals surface area contributed by atoms with E-state index in [1.807, 2.05) is 0 Å². The van der Waals surface area contributed by atoms with Gasteiger partial charge in [0, 0.05) is 48.8 Å². The topological polar surface area (TPSA) is 75.2 Å². The third kappa shape index (κ3) is 3.87. The largest absolute Gasteiger partial charge is 0.341 e. The van der Waals surface area contributed by atoms with Gasteiger partial charge in [-0.1, -0.05) is 0 Å². The summed E-state index contributed by atoms with van der Waals surface area (Å²) in [6.07, 6.45) is 2.01. The Hall–Kier alpha value is -1.59. The molecule has 0 aliphatic carbocycles. The molecule has 6 nitrogen and oxygen atoms in total. The molecule has 1 N–H and O–H groups in total. The second-order valence-corrected chi connectivity index (χ2v) is 11.4. The molecule has 0 spiro atoms. The SMILES string of the molecule is CS(=O)(=O)C1CCN(C(=O)Cc2[nH]c(=S)n3c2CC(c2c(F)ccc(Br)c2F)C3)C1. The van der Waals surface area contributed by atoms with Gasteiger partial charge in [-0.25, -0.2) is 17.2 Å². The number of sulfone groups is 1. The maximum atomic E-state index is 14.6. The van der Waals surface area contributed by atoms with Gasteiger partial charge in [-0.2, -0.15) is 0 Å². The molecule has 2 aromatic rings. The van der Waals surface area contributed by atoms with Gasteiger partial charge in [0.15, 0.2) is 14.6 Å². The number of benzene rings is 1. The predicted molar refractivity (Wildman–Crippen MR) is 114 cm³/mol. The first-order valence-electron chi connectivity index (χ1n) is 9.46. The van der Waals surface area contributed by atoms with Crippen LogP contribution in [0.2, 0.25) is 0 Å². The number of nitrogens with one attached hydrogen (secondary N) is 1. The number of rotatable bonds is 4. The van der Waals surface area contributed by atoms with E-state index < -0.39 is 32.6 Å². The molecule has 162 valence electrons. The Bertz CT molecular complexity index is 1190. The van der Waals surface area contributed by atoms with Crippen molar-refractivity contribution in [3.8, 4) is 0 Å². The molecule has 2 unspecified atom stereocenters. The molecule has 1 saturated heterocycles. The maximum Gasteiger partial charge on any atom is 0.228 e. The van der Waals surface area contributed by atoms with Crippen LogP contribution in [0.15, 0.2) is 16.6 Å². The average molecular weight is 520 g/mol. The molecule has 4 rings (SSSR count). The van der Waals surface area contributed by atoms with Crippen LogP contribution in [-0.4, -0.2) is 53.4 Å². The van der Waals surface area contributed by atoms with E-state index in [1.165, 1.54) is 18.4 Å². The monoisotopic (exact) mass is 519 g/mol. The summed E-state index contributed by atoms with van der Waals surface area (Å²) < 4.78 is 54.8. The highest BCUT2D eigenvalue weighted by Crippen LogP contribution is 2.36. The smallest absolute Gasteiger partial charge is 0.228 e. The predicted octanol–water partition coefficient (Wildman–Crippen LogP) is 3.11. The van der Waals surface area contributed by atoms with Crippen molar-refractivity contribution in [1.82, 2.24) is 14.5 Å². The van der Waals surface area contributed by atoms with Crippen LogP contribution < -0.4 is 0 Å². The van der Waals surface area contributed by atoms with E-state index in [2.05, 4.69) is 20.9 Å². The summed E-state index contributed by atoms with van der Waals surface area (Å²) in [5.41, 5.74) is 1.39. The Labute approximate surface area is 186 Å². The van der Waals surface area contributed by atoms with Crippen LogP contribution in [0.25, 0.3) is 0 Å². The number of likely N-dealkylation sites (tertiary alicyclic amines) is 1. The summed E-state index contributed by atoms with van der Waals surface area (Å²) in [5.74, 6) is -1.85. The Balaban J connectivity index is 1.54. The van der Waals surface area contributed by atoms with Crippen LogP contribution in [0.1, 0.15) is 29.3 Å². The maximum absolute atomic E-state index is 14.6. The summed E-state index contributed by atoms with van der Waals surface area (Å²) >= 11 is 8.46. The summed E-state index contributed by atoms with van der Waals surface area (Å²) in [6, 6.07) is 2.56. The van der Waals surface area contributed by atoms with E-state index in [4.69, 9.17) is 12.2 Å². The van der Waals surface area contributed by atoms with E-state index in [9.17, 15) is 22.0 Å². The summed E-state index contributed by atoms with van der Waals surface area (Å²) in [4.78, 5) is 17.3. The lowest BCUT2D eigenvalue weighted by Gasteiger charge is -2.16. The molecule has 2 aliphatic heterocycles. The van der Waals surface area contributed by atoms with Gasteiger partial charge in [0.2, 0.25) is 5.91 Å². The second-order valence-electron chi connectivity index (χ2n) is 7.88. The number of carbonyl (C=O) groups excluding carboxylic acids is 1. The molecule has 1 aromatic carbocycles. The number of imidazole rings is 1. The van der Waals surface area contributed by atoms with Crippen molar-refractivity contribution in [2.24, 2.45) is 0 Å². The Morgan fingerprint density at radius 2 is 2.07 bits per heavy atom. The normalized spacial score (nSPS) is 21.3. The van der Waals surface area contributed by atoms with Crippen molar-refractivity contribution in [3.63, 3.8) is 0 Å². The number of H-pyrrole nitrogens is 1. The molecule has 1 fully saturated rings. The molecule has 1 aromatic heterocycles. The number of carbonyl (C=O) groups is 1. The zero-order valence-electron chi connectivity index (χ0n) is 16.1. The van der Waals surface area contributed by atoms with Crippen molar-refractivity contribution < 1.29 is 22.0 Å². The van der Waals surface area contributed by atoms with E-state index in [0.29, 0.717) is 36.4 Å². The number of amides is 1. The highest BCUT2D eigenvalue weighted by atomic mass is 79.9. The summed E-state index contributed by atoms with van der Waals surface area (Å²) in [7, 11) is -3.19. The van der Waals surface area contributed by atoms with Crippen molar-refractivity contribution in [2.45, 2.75) is 37.0 Å². The highest BCUT2D eigenvalue weighted by Gasteiger charge is 2.35. The number of nitrogens with zero attached hydrogens (tertiary/aromatic N) is 2. The molecular formula is C19H20BrF2N3O3S2. The zero-order chi connectivity index (χ0) is 21.8. The molecule has 0 radical (unpaired) electrons. The van der Waals surface area contributed by atoms with Gasteiger partial charge in [-0.15, -0.1) is 0 Å². The second kappa shape index (κ2) is 7.83. The Morgan fingerprint density at radius 3 is 2.73 bits per heavy atom. The van der Waals surface area contributed by atoms with E-state index in [0.717, 1.165) is 5.69 Å². The molecule has 3 heterocycles. The Morgan fingerprint density at radius 1 is 1.33 bits per heavy atom. The van der Waals surface area contributed by atoms with Crippen molar-refractivity contribution in [3.05, 3.63) is 50.0 Å². The van der Waals surface area contributed by atoms with E-state index in [-0.39, 0.29) is 28.9 Å². The first-order valence-corrected chi connectivity index (χ1v) is 12.6. The van der Waals surface area contributed by atoms with Gasteiger partial charge in [0.05, 0.1) is 16.1 Å². The lowest BCUT2D eigenvalue weighted by atomic mass is 9.95. The number of hydrogen-bond acceptors (Lipinski definition) is 4. The lowest BCUT2D eigenvalue weighted by Crippen LogP contribution is -2.32. The molecular weight excluding hydrogens is 500 g/mol. The highest BCUT2D eigenvalue weighted by molar-refractivity contribution is 9.10. The molecule has 30 heavy (non-hydrogen) atoms. The third-order valence-electron chi connectivity index (χ3n) is 5.94. The van der Waals surface area contributed by atoms with Gasteiger partial charge in [-0.05, 0) is 53.1 Å². The first-order chi connectivity index (χ1) is 14.1. The minimum absolute atomic E-state index is 0.00953. The molecule has 0 saturated carbocycles. The van der Waals surface area contributed by atoms with Crippen molar-refractivity contribution in [1.29, 1.82) is 0 Å². The average Bonchev–Trinajstić information content (AvgIpc) is 3.36. The molecule has 11 heteroatoms. The number of aromatic nitrogens is 2. The minimum atomic E-state index is -3.19. The van der Waals surface area contributed by atoms with Crippen LogP contribution in [0.5, 0.6) is 0 Å². The molecule has 1 amide bonds. The molecule has 0 bridgehead atoms. The van der Waals surface area contributed by atoms with E-state index in [1.54, 1.807) is 9.47 Å². The lowest BCUT2D eigenvalue weighted by molar-refractivity contribution is -0.129. The fourth-order valence-corrected chi connectivity index (χ4v) is 5.96. The fourth-order valence-electron chi connectivity index (χ4n) is 4.32. The van der Waals surface area contributed by atoms with Crippen molar-refractivity contribution >= 4 is 43.9 Å². The summed E-state index contributed by atoms with van der Waals surface area (Å²) in [5, 5.41) is -0.536. The molecule has 2 atom stereocenters. The summed E-state index contributed by atoms with van der Waals surface area (Å²) in [6.45, 7) is 0.902. The van der Waals surface area contributed by atoms with Gasteiger partial charge in [0.25, 0.3) is 0 Å². The van der Waals surface area contributed by atoms with Gasteiger partial charge >= 0.3 is 0 Å². The van der Waals surface area contributed by atoms with Crippen LogP contribution in [-0.2, 0) is 34.0 Å². The van der Waals surface area contributed by atoms with Gasteiger partial charge in [-0.3, -0.25) is 4.79 Å². The number of halogens is 3. The standard InChI is InChI=1S/C19H20BrF2N3O3S2/c1-30(27,28)11-4-5-24(9-11)16(26)7-14-15-6-10(8-25(15)19(29)23-14)17-13(21)3-2-12(20)18(17)22/h2-3,10-11H,4-9H2,1H3,(H,23,29). The fraction of sp³-hybridized carbons (Fsp3) is 0.474. The van der Waals surface area contributed by atoms with Crippen LogP contribution in [0.4, 0.5) is 8.78 Å².